The lowest BCUT2D eigenvalue weighted by molar-refractivity contribution is 0.234. The first-order valence-electron chi connectivity index (χ1n) is 10.0. The number of hydrogen-bond donors (Lipinski definition) is 3. The largest absolute Gasteiger partial charge is 0.378 e. The Hall–Kier alpha value is -2.38. The molecule has 0 aromatic heterocycles. The van der Waals surface area contributed by atoms with Gasteiger partial charge in [-0.05, 0) is 25.0 Å². The third kappa shape index (κ3) is 4.68. The average molecular weight is 439 g/mol. The van der Waals surface area contributed by atoms with Crippen molar-refractivity contribution in [1.82, 2.24) is 16.0 Å². The van der Waals surface area contributed by atoms with E-state index in [1.807, 2.05) is 41.9 Å². The van der Waals surface area contributed by atoms with E-state index in [-0.39, 0.29) is 29.4 Å². The number of amides is 2. The quantitative estimate of drug-likeness (QED) is 0.605. The number of urea groups is 1. The standard InChI is InChI=1S/C23H26N4OS2/c1-15-21(29-13-24-15)19(17-9-5-3-6-10-17)26-23(28)27-20(18-11-7-4-8-12-18)22-16(2)25-14-30-22/h3-13,15,19-21,25H,14H2,1-2H3,(H2,26,27,28). The van der Waals surface area contributed by atoms with Crippen LogP contribution in [-0.2, 0) is 0 Å². The Bertz CT molecular complexity index is 933. The Kier molecular flexibility index (Phi) is 6.69. The fraction of sp³-hybridized carbons (Fsp3) is 0.304. The van der Waals surface area contributed by atoms with Crippen molar-refractivity contribution in [3.8, 4) is 0 Å². The molecule has 2 aromatic rings. The molecule has 0 radical (unpaired) electrons. The summed E-state index contributed by atoms with van der Waals surface area (Å²) < 4.78 is 0. The zero-order valence-corrected chi connectivity index (χ0v) is 18.7. The Morgan fingerprint density at radius 2 is 1.73 bits per heavy atom. The maximum atomic E-state index is 13.2. The van der Waals surface area contributed by atoms with Crippen molar-refractivity contribution in [2.45, 2.75) is 37.2 Å². The predicted octanol–water partition coefficient (Wildman–Crippen LogP) is 4.83. The van der Waals surface area contributed by atoms with E-state index in [9.17, 15) is 4.79 Å². The molecule has 30 heavy (non-hydrogen) atoms. The van der Waals surface area contributed by atoms with Crippen molar-refractivity contribution >= 4 is 35.1 Å². The normalized spacial score (nSPS) is 22.5. The maximum absolute atomic E-state index is 13.2. The molecule has 2 amide bonds. The van der Waals surface area contributed by atoms with Gasteiger partial charge >= 0.3 is 6.03 Å². The zero-order valence-electron chi connectivity index (χ0n) is 17.0. The first-order chi connectivity index (χ1) is 14.6. The zero-order chi connectivity index (χ0) is 20.9. The monoisotopic (exact) mass is 438 g/mol. The van der Waals surface area contributed by atoms with Gasteiger partial charge in [0.15, 0.2) is 0 Å². The third-order valence-electron chi connectivity index (χ3n) is 5.37. The summed E-state index contributed by atoms with van der Waals surface area (Å²) in [5.74, 6) is 0.827. The molecule has 2 aliphatic heterocycles. The first kappa shape index (κ1) is 20.9. The Morgan fingerprint density at radius 1 is 1.07 bits per heavy atom. The van der Waals surface area contributed by atoms with Crippen LogP contribution in [0.4, 0.5) is 4.79 Å². The number of nitrogens with zero attached hydrogens (tertiary/aromatic N) is 1. The van der Waals surface area contributed by atoms with Gasteiger partial charge < -0.3 is 16.0 Å². The molecule has 0 saturated carbocycles. The van der Waals surface area contributed by atoms with E-state index < -0.39 is 0 Å². The molecule has 4 atom stereocenters. The molecule has 5 nitrogen and oxygen atoms in total. The summed E-state index contributed by atoms with van der Waals surface area (Å²) in [6.45, 7) is 4.16. The molecule has 0 spiro atoms. The van der Waals surface area contributed by atoms with Crippen LogP contribution in [-0.4, -0.2) is 28.7 Å². The summed E-state index contributed by atoms with van der Waals surface area (Å²) in [7, 11) is 0. The number of aliphatic imine (C=N–C) groups is 1. The van der Waals surface area contributed by atoms with Crippen LogP contribution in [0.3, 0.4) is 0 Å². The topological polar surface area (TPSA) is 65.5 Å². The molecule has 2 aromatic carbocycles. The SMILES string of the molecule is CC1=C(C(NC(=O)NC(c2ccccc2)C2SC=NC2C)c2ccccc2)SCN1. The van der Waals surface area contributed by atoms with Gasteiger partial charge in [-0.25, -0.2) is 4.79 Å². The van der Waals surface area contributed by atoms with E-state index in [1.54, 1.807) is 23.5 Å². The van der Waals surface area contributed by atoms with Crippen molar-refractivity contribution < 1.29 is 4.79 Å². The van der Waals surface area contributed by atoms with Crippen molar-refractivity contribution in [1.29, 1.82) is 0 Å². The number of hydrogen-bond acceptors (Lipinski definition) is 5. The van der Waals surface area contributed by atoms with E-state index in [0.29, 0.717) is 0 Å². The second kappa shape index (κ2) is 9.62. The van der Waals surface area contributed by atoms with Gasteiger partial charge in [0.1, 0.15) is 0 Å². The smallest absolute Gasteiger partial charge is 0.316 e. The number of thioether (sulfide) groups is 2. The van der Waals surface area contributed by atoms with Gasteiger partial charge in [-0.15, -0.1) is 23.5 Å². The van der Waals surface area contributed by atoms with E-state index in [1.165, 1.54) is 0 Å². The van der Waals surface area contributed by atoms with Crippen LogP contribution < -0.4 is 16.0 Å². The molecular weight excluding hydrogens is 412 g/mol. The number of rotatable bonds is 6. The number of carbonyl (C=O) groups is 1. The van der Waals surface area contributed by atoms with E-state index in [0.717, 1.165) is 27.6 Å². The minimum Gasteiger partial charge on any atom is -0.378 e. The van der Waals surface area contributed by atoms with Crippen molar-refractivity contribution in [2.75, 3.05) is 5.88 Å². The van der Waals surface area contributed by atoms with Gasteiger partial charge in [-0.3, -0.25) is 4.99 Å². The van der Waals surface area contributed by atoms with Crippen LogP contribution >= 0.6 is 23.5 Å². The molecule has 3 N–H and O–H groups in total. The highest BCUT2D eigenvalue weighted by atomic mass is 32.2. The molecule has 0 aliphatic carbocycles. The molecule has 0 saturated heterocycles. The number of benzene rings is 2. The van der Waals surface area contributed by atoms with E-state index in [2.05, 4.69) is 59.1 Å². The Labute approximate surface area is 186 Å². The Morgan fingerprint density at radius 3 is 2.30 bits per heavy atom. The molecule has 2 aliphatic rings. The third-order valence-corrected chi connectivity index (χ3v) is 7.73. The molecule has 4 unspecified atom stereocenters. The summed E-state index contributed by atoms with van der Waals surface area (Å²) in [6.07, 6.45) is 0. The lowest BCUT2D eigenvalue weighted by Crippen LogP contribution is -2.44. The van der Waals surface area contributed by atoms with E-state index >= 15 is 0 Å². The minimum absolute atomic E-state index is 0.130. The Balaban J connectivity index is 1.56. The molecule has 4 rings (SSSR count). The minimum atomic E-state index is -0.187. The summed E-state index contributed by atoms with van der Waals surface area (Å²) in [5, 5.41) is 9.99. The summed E-state index contributed by atoms with van der Waals surface area (Å²) in [6, 6.07) is 19.9. The van der Waals surface area contributed by atoms with Gasteiger partial charge in [0, 0.05) is 10.6 Å². The summed E-state index contributed by atoms with van der Waals surface area (Å²) in [4.78, 5) is 18.9. The van der Waals surface area contributed by atoms with Crippen LogP contribution in [0.2, 0.25) is 0 Å². The number of allylic oxidation sites excluding steroid dienone is 1. The van der Waals surface area contributed by atoms with Gasteiger partial charge in [0.05, 0.1) is 34.8 Å². The van der Waals surface area contributed by atoms with Crippen molar-refractivity contribution in [3.05, 3.63) is 82.4 Å². The lowest BCUT2D eigenvalue weighted by Gasteiger charge is -2.28. The first-order valence-corrected chi connectivity index (χ1v) is 12.0. The fourth-order valence-corrected chi connectivity index (χ4v) is 5.93. The lowest BCUT2D eigenvalue weighted by atomic mass is 9.99. The molecule has 7 heteroatoms. The molecular formula is C23H26N4OS2. The van der Waals surface area contributed by atoms with Crippen molar-refractivity contribution in [2.24, 2.45) is 4.99 Å². The fourth-order valence-electron chi connectivity index (χ4n) is 3.75. The van der Waals surface area contributed by atoms with E-state index in [4.69, 9.17) is 0 Å². The second-order valence-electron chi connectivity index (χ2n) is 7.40. The molecule has 156 valence electrons. The van der Waals surface area contributed by atoms with Crippen LogP contribution in [0, 0.1) is 0 Å². The highest BCUT2D eigenvalue weighted by Crippen LogP contribution is 2.36. The molecule has 0 fully saturated rings. The van der Waals surface area contributed by atoms with Crippen molar-refractivity contribution in [3.63, 3.8) is 0 Å². The highest BCUT2D eigenvalue weighted by molar-refractivity contribution is 8.13. The van der Waals surface area contributed by atoms with Crippen LogP contribution in [0.25, 0.3) is 0 Å². The van der Waals surface area contributed by atoms with Crippen LogP contribution in [0.5, 0.6) is 0 Å². The molecule has 0 bridgehead atoms. The predicted molar refractivity (Wildman–Crippen MR) is 128 cm³/mol. The highest BCUT2D eigenvalue weighted by Gasteiger charge is 2.33. The van der Waals surface area contributed by atoms with Gasteiger partial charge in [0.25, 0.3) is 0 Å². The van der Waals surface area contributed by atoms with Crippen LogP contribution in [0.15, 0.2) is 76.3 Å². The number of nitrogens with one attached hydrogen (secondary N) is 3. The summed E-state index contributed by atoms with van der Waals surface area (Å²) >= 11 is 3.42. The number of carbonyl (C=O) groups excluding carboxylic acids is 1. The van der Waals surface area contributed by atoms with Gasteiger partial charge in [0.2, 0.25) is 0 Å². The van der Waals surface area contributed by atoms with Gasteiger partial charge in [-0.2, -0.15) is 0 Å². The molecule has 2 heterocycles. The average Bonchev–Trinajstić information content (AvgIpc) is 3.39. The summed E-state index contributed by atoms with van der Waals surface area (Å²) in [5.41, 5.74) is 5.17. The van der Waals surface area contributed by atoms with Crippen LogP contribution in [0.1, 0.15) is 37.1 Å². The second-order valence-corrected chi connectivity index (χ2v) is 9.44. The maximum Gasteiger partial charge on any atom is 0.316 e. The van der Waals surface area contributed by atoms with Gasteiger partial charge in [-0.1, -0.05) is 60.7 Å².